The predicted octanol–water partition coefficient (Wildman–Crippen LogP) is 2.13. The van der Waals surface area contributed by atoms with Gasteiger partial charge in [0.2, 0.25) is 5.91 Å². The minimum absolute atomic E-state index is 0.141. The van der Waals surface area contributed by atoms with Crippen LogP contribution in [-0.2, 0) is 9.59 Å². The Bertz CT molecular complexity index is 459. The van der Waals surface area contributed by atoms with E-state index in [-0.39, 0.29) is 18.9 Å². The van der Waals surface area contributed by atoms with E-state index in [9.17, 15) is 9.59 Å². The lowest BCUT2D eigenvalue weighted by atomic mass is 10.1. The average molecular weight is 279 g/mol. The van der Waals surface area contributed by atoms with Crippen LogP contribution in [0.4, 0.5) is 0 Å². The Morgan fingerprint density at radius 1 is 1.35 bits per heavy atom. The zero-order chi connectivity index (χ0) is 15.0. The number of carboxylic acid groups (broad SMARTS) is 1. The Balaban J connectivity index is 2.36. The molecule has 0 heterocycles. The zero-order valence-corrected chi connectivity index (χ0v) is 11.9. The number of rotatable bonds is 8. The number of carbonyl (C=O) groups is 2. The molecular weight excluding hydrogens is 258 g/mol. The zero-order valence-electron chi connectivity index (χ0n) is 11.9. The summed E-state index contributed by atoms with van der Waals surface area (Å²) < 4.78 is 5.50. The van der Waals surface area contributed by atoms with Gasteiger partial charge in [-0.1, -0.05) is 31.5 Å². The second-order valence-corrected chi connectivity index (χ2v) is 4.61. The first-order valence-corrected chi connectivity index (χ1v) is 6.75. The van der Waals surface area contributed by atoms with E-state index in [1.807, 2.05) is 38.1 Å². The van der Waals surface area contributed by atoms with Crippen LogP contribution in [-0.4, -0.2) is 29.6 Å². The molecule has 0 fully saturated rings. The Morgan fingerprint density at radius 2 is 2.05 bits per heavy atom. The summed E-state index contributed by atoms with van der Waals surface area (Å²) in [5.74, 6) is -0.567. The Hall–Kier alpha value is -2.04. The standard InChI is InChI=1S/C15H21NO4/c1-3-6-12(15(18)19)16-14(17)9-10-20-13-8-5-4-7-11(13)2/h4-5,7-8,12H,3,6,9-10H2,1-2H3,(H,16,17)(H,18,19). The molecule has 1 unspecified atom stereocenters. The van der Waals surface area contributed by atoms with Crippen LogP contribution < -0.4 is 10.1 Å². The molecule has 0 saturated carbocycles. The van der Waals surface area contributed by atoms with Crippen LogP contribution in [0.15, 0.2) is 24.3 Å². The number of aryl methyl sites for hydroxylation is 1. The van der Waals surface area contributed by atoms with Crippen molar-refractivity contribution < 1.29 is 19.4 Å². The SMILES string of the molecule is CCCC(NC(=O)CCOc1ccccc1C)C(=O)O. The molecule has 0 aliphatic heterocycles. The van der Waals surface area contributed by atoms with Gasteiger partial charge in [-0.05, 0) is 25.0 Å². The van der Waals surface area contributed by atoms with E-state index in [1.54, 1.807) is 0 Å². The van der Waals surface area contributed by atoms with Crippen LogP contribution in [0.2, 0.25) is 0 Å². The highest BCUT2D eigenvalue weighted by atomic mass is 16.5. The van der Waals surface area contributed by atoms with Gasteiger partial charge in [0.15, 0.2) is 0 Å². The molecule has 20 heavy (non-hydrogen) atoms. The molecule has 1 aromatic carbocycles. The summed E-state index contributed by atoms with van der Waals surface area (Å²) in [4.78, 5) is 22.6. The van der Waals surface area contributed by atoms with Crippen LogP contribution in [0.3, 0.4) is 0 Å². The highest BCUT2D eigenvalue weighted by Gasteiger charge is 2.18. The highest BCUT2D eigenvalue weighted by molar-refractivity contribution is 5.83. The van der Waals surface area contributed by atoms with Gasteiger partial charge in [0.05, 0.1) is 13.0 Å². The van der Waals surface area contributed by atoms with Crippen LogP contribution >= 0.6 is 0 Å². The number of amides is 1. The molecule has 0 aliphatic carbocycles. The second-order valence-electron chi connectivity index (χ2n) is 4.61. The molecule has 1 atom stereocenters. The number of nitrogens with one attached hydrogen (secondary N) is 1. The lowest BCUT2D eigenvalue weighted by Crippen LogP contribution is -2.41. The molecule has 0 spiro atoms. The van der Waals surface area contributed by atoms with Crippen molar-refractivity contribution >= 4 is 11.9 Å². The molecule has 1 aromatic rings. The number of hydrogen-bond donors (Lipinski definition) is 2. The topological polar surface area (TPSA) is 75.6 Å². The fourth-order valence-corrected chi connectivity index (χ4v) is 1.78. The molecule has 0 aromatic heterocycles. The van der Waals surface area contributed by atoms with Crippen LogP contribution in [0.5, 0.6) is 5.75 Å². The molecule has 1 rings (SSSR count). The summed E-state index contributed by atoms with van der Waals surface area (Å²) in [6.45, 7) is 4.04. The van der Waals surface area contributed by atoms with Crippen molar-refractivity contribution in [1.82, 2.24) is 5.32 Å². The maximum atomic E-state index is 11.7. The highest BCUT2D eigenvalue weighted by Crippen LogP contribution is 2.16. The number of carbonyl (C=O) groups excluding carboxylic acids is 1. The second kappa shape index (κ2) is 8.19. The Morgan fingerprint density at radius 3 is 2.65 bits per heavy atom. The molecule has 0 aliphatic rings. The number of hydrogen-bond acceptors (Lipinski definition) is 3. The Labute approximate surface area is 118 Å². The van der Waals surface area contributed by atoms with Crippen molar-refractivity contribution in [1.29, 1.82) is 0 Å². The quantitative estimate of drug-likeness (QED) is 0.764. The molecule has 5 nitrogen and oxygen atoms in total. The van der Waals surface area contributed by atoms with Gasteiger partial charge in [0, 0.05) is 0 Å². The van der Waals surface area contributed by atoms with Crippen molar-refractivity contribution in [3.63, 3.8) is 0 Å². The molecule has 0 bridgehead atoms. The number of ether oxygens (including phenoxy) is 1. The summed E-state index contributed by atoms with van der Waals surface area (Å²) in [5.41, 5.74) is 1.00. The van der Waals surface area contributed by atoms with Crippen molar-refractivity contribution in [2.75, 3.05) is 6.61 Å². The fraction of sp³-hybridized carbons (Fsp3) is 0.467. The molecule has 0 radical (unpaired) electrons. The third-order valence-corrected chi connectivity index (χ3v) is 2.89. The maximum absolute atomic E-state index is 11.7. The van der Waals surface area contributed by atoms with Crippen molar-refractivity contribution in [2.24, 2.45) is 0 Å². The van der Waals surface area contributed by atoms with Gasteiger partial charge < -0.3 is 15.2 Å². The van der Waals surface area contributed by atoms with Gasteiger partial charge >= 0.3 is 5.97 Å². The van der Waals surface area contributed by atoms with E-state index in [1.165, 1.54) is 0 Å². The summed E-state index contributed by atoms with van der Waals surface area (Å²) in [6, 6.07) is 6.73. The van der Waals surface area contributed by atoms with E-state index >= 15 is 0 Å². The first kappa shape index (κ1) is 16.0. The minimum atomic E-state index is -1.000. The van der Waals surface area contributed by atoms with E-state index in [4.69, 9.17) is 9.84 Å². The first-order valence-electron chi connectivity index (χ1n) is 6.75. The summed E-state index contributed by atoms with van der Waals surface area (Å²) in [7, 11) is 0. The minimum Gasteiger partial charge on any atom is -0.493 e. The van der Waals surface area contributed by atoms with Gasteiger partial charge in [-0.2, -0.15) is 0 Å². The van der Waals surface area contributed by atoms with Gasteiger partial charge in [-0.25, -0.2) is 4.79 Å². The number of carboxylic acids is 1. The van der Waals surface area contributed by atoms with Gasteiger partial charge in [0.1, 0.15) is 11.8 Å². The lowest BCUT2D eigenvalue weighted by molar-refractivity contribution is -0.142. The van der Waals surface area contributed by atoms with Gasteiger partial charge in [0.25, 0.3) is 0 Å². The van der Waals surface area contributed by atoms with Crippen LogP contribution in [0.25, 0.3) is 0 Å². The molecule has 5 heteroatoms. The molecule has 1 amide bonds. The normalized spacial score (nSPS) is 11.7. The molecule has 2 N–H and O–H groups in total. The maximum Gasteiger partial charge on any atom is 0.326 e. The Kier molecular flexibility index (Phi) is 6.56. The summed E-state index contributed by atoms with van der Waals surface area (Å²) in [6.07, 6.45) is 1.28. The van der Waals surface area contributed by atoms with Crippen molar-refractivity contribution in [3.8, 4) is 5.75 Å². The van der Waals surface area contributed by atoms with Crippen molar-refractivity contribution in [2.45, 2.75) is 39.2 Å². The molecule has 0 saturated heterocycles. The van der Waals surface area contributed by atoms with Crippen LogP contribution in [0.1, 0.15) is 31.7 Å². The summed E-state index contributed by atoms with van der Waals surface area (Å²) >= 11 is 0. The van der Waals surface area contributed by atoms with E-state index in [0.29, 0.717) is 12.8 Å². The summed E-state index contributed by atoms with van der Waals surface area (Å²) in [5, 5.41) is 11.4. The van der Waals surface area contributed by atoms with E-state index in [2.05, 4.69) is 5.32 Å². The van der Waals surface area contributed by atoms with Crippen molar-refractivity contribution in [3.05, 3.63) is 29.8 Å². The monoisotopic (exact) mass is 279 g/mol. The number of benzene rings is 1. The first-order chi connectivity index (χ1) is 9.54. The van der Waals surface area contributed by atoms with Crippen LogP contribution in [0, 0.1) is 6.92 Å². The molecule has 110 valence electrons. The molecular formula is C15H21NO4. The lowest BCUT2D eigenvalue weighted by Gasteiger charge is -2.14. The third kappa shape index (κ3) is 5.30. The van der Waals surface area contributed by atoms with E-state index < -0.39 is 12.0 Å². The smallest absolute Gasteiger partial charge is 0.326 e. The number of para-hydroxylation sites is 1. The number of aliphatic carboxylic acids is 1. The fourth-order valence-electron chi connectivity index (χ4n) is 1.78. The van der Waals surface area contributed by atoms with Gasteiger partial charge in [-0.15, -0.1) is 0 Å². The largest absolute Gasteiger partial charge is 0.493 e. The predicted molar refractivity (Wildman–Crippen MR) is 75.8 cm³/mol. The average Bonchev–Trinajstić information content (AvgIpc) is 2.40. The van der Waals surface area contributed by atoms with E-state index in [0.717, 1.165) is 11.3 Å². The third-order valence-electron chi connectivity index (χ3n) is 2.89. The van der Waals surface area contributed by atoms with Gasteiger partial charge in [-0.3, -0.25) is 4.79 Å².